The summed E-state index contributed by atoms with van der Waals surface area (Å²) in [6.07, 6.45) is 6.22. The van der Waals surface area contributed by atoms with Gasteiger partial charge in [-0.3, -0.25) is 4.68 Å². The first-order chi connectivity index (χ1) is 7.31. The number of aromatic nitrogens is 2. The van der Waals surface area contributed by atoms with Crippen molar-refractivity contribution in [1.29, 1.82) is 0 Å². The van der Waals surface area contributed by atoms with Crippen molar-refractivity contribution in [2.24, 2.45) is 0 Å². The van der Waals surface area contributed by atoms with Gasteiger partial charge in [0.1, 0.15) is 0 Å². The molecule has 0 saturated carbocycles. The van der Waals surface area contributed by atoms with Crippen molar-refractivity contribution in [1.82, 2.24) is 9.78 Å². The number of benzene rings is 1. The van der Waals surface area contributed by atoms with Crippen molar-refractivity contribution in [3.63, 3.8) is 0 Å². The molecular weight excluding hydrogens is 320 g/mol. The predicted octanol–water partition coefficient (Wildman–Crippen LogP) is 3.75. The van der Waals surface area contributed by atoms with Crippen LogP contribution >= 0.6 is 31.9 Å². The van der Waals surface area contributed by atoms with Gasteiger partial charge in [-0.25, -0.2) is 0 Å². The van der Waals surface area contributed by atoms with Gasteiger partial charge in [0.05, 0.1) is 12.1 Å². The van der Waals surface area contributed by atoms with Crippen molar-refractivity contribution in [3.8, 4) is 0 Å². The molecular formula is C11H10Br2N2. The van der Waals surface area contributed by atoms with Gasteiger partial charge in [-0.15, -0.1) is 0 Å². The Kier molecular flexibility index (Phi) is 3.59. The van der Waals surface area contributed by atoms with Gasteiger partial charge >= 0.3 is 0 Å². The van der Waals surface area contributed by atoms with E-state index in [1.165, 1.54) is 0 Å². The molecule has 0 fully saturated rings. The molecule has 0 N–H and O–H groups in total. The lowest BCUT2D eigenvalue weighted by Crippen LogP contribution is -1.94. The van der Waals surface area contributed by atoms with Crippen molar-refractivity contribution in [2.75, 3.05) is 5.33 Å². The van der Waals surface area contributed by atoms with Crippen LogP contribution in [0.3, 0.4) is 0 Å². The van der Waals surface area contributed by atoms with Crippen LogP contribution in [0.1, 0.15) is 0 Å². The normalized spacial score (nSPS) is 11.6. The summed E-state index contributed by atoms with van der Waals surface area (Å²) >= 11 is 6.86. The molecule has 0 unspecified atom stereocenters. The number of hydrogen-bond acceptors (Lipinski definition) is 1. The van der Waals surface area contributed by atoms with Gasteiger partial charge in [0.25, 0.3) is 0 Å². The van der Waals surface area contributed by atoms with Gasteiger partial charge in [-0.1, -0.05) is 50.1 Å². The third kappa shape index (κ3) is 2.49. The minimum atomic E-state index is 0.812. The molecule has 0 spiro atoms. The largest absolute Gasteiger partial charge is 0.268 e. The van der Waals surface area contributed by atoms with E-state index in [-0.39, 0.29) is 0 Å². The summed E-state index contributed by atoms with van der Waals surface area (Å²) in [5, 5.41) is 6.51. The molecule has 0 radical (unpaired) electrons. The van der Waals surface area contributed by atoms with Crippen LogP contribution in [-0.4, -0.2) is 15.1 Å². The Hall–Kier alpha value is -0.610. The predicted molar refractivity (Wildman–Crippen MR) is 70.4 cm³/mol. The Labute approximate surface area is 105 Å². The molecule has 0 saturated heterocycles. The van der Waals surface area contributed by atoms with Crippen molar-refractivity contribution < 1.29 is 0 Å². The standard InChI is InChI=1S/C11H10Br2N2/c12-6-1-2-7-15-8-9-10(13)4-3-5-11(9)14-15/h1-5,8H,6-7H2/b2-1+. The highest BCUT2D eigenvalue weighted by atomic mass is 79.9. The molecule has 4 heteroatoms. The lowest BCUT2D eigenvalue weighted by atomic mass is 10.3. The highest BCUT2D eigenvalue weighted by molar-refractivity contribution is 9.10. The van der Waals surface area contributed by atoms with Gasteiger partial charge in [0.2, 0.25) is 0 Å². The van der Waals surface area contributed by atoms with Crippen molar-refractivity contribution >= 4 is 42.8 Å². The smallest absolute Gasteiger partial charge is 0.0934 e. The lowest BCUT2D eigenvalue weighted by molar-refractivity contribution is 0.711. The Bertz CT molecular complexity index is 488. The third-order valence-electron chi connectivity index (χ3n) is 2.09. The fourth-order valence-electron chi connectivity index (χ4n) is 1.40. The highest BCUT2D eigenvalue weighted by Gasteiger charge is 2.01. The zero-order valence-corrected chi connectivity index (χ0v) is 11.2. The summed E-state index contributed by atoms with van der Waals surface area (Å²) in [4.78, 5) is 0. The molecule has 15 heavy (non-hydrogen) atoms. The second kappa shape index (κ2) is 4.94. The van der Waals surface area contributed by atoms with E-state index >= 15 is 0 Å². The summed E-state index contributed by atoms with van der Waals surface area (Å²) in [5.74, 6) is 0. The maximum atomic E-state index is 4.47. The molecule has 0 bridgehead atoms. The molecule has 2 nitrogen and oxygen atoms in total. The number of rotatable bonds is 3. The van der Waals surface area contributed by atoms with Crippen LogP contribution < -0.4 is 0 Å². The van der Waals surface area contributed by atoms with Crippen LogP contribution in [0, 0.1) is 0 Å². The zero-order valence-electron chi connectivity index (χ0n) is 8.03. The Morgan fingerprint density at radius 2 is 2.20 bits per heavy atom. The number of nitrogens with zero attached hydrogens (tertiary/aromatic N) is 2. The van der Waals surface area contributed by atoms with E-state index < -0.39 is 0 Å². The number of fused-ring (bicyclic) bond motifs is 1. The first kappa shape index (κ1) is 10.9. The summed E-state index contributed by atoms with van der Waals surface area (Å²) in [6, 6.07) is 6.05. The summed E-state index contributed by atoms with van der Waals surface area (Å²) in [7, 11) is 0. The molecule has 0 amide bonds. The number of hydrogen-bond donors (Lipinski definition) is 0. The second-order valence-corrected chi connectivity index (χ2v) is 4.65. The molecule has 1 heterocycles. The first-order valence-electron chi connectivity index (χ1n) is 4.64. The number of alkyl halides is 1. The van der Waals surface area contributed by atoms with E-state index in [1.807, 2.05) is 22.9 Å². The molecule has 0 aliphatic carbocycles. The van der Waals surface area contributed by atoms with E-state index in [1.54, 1.807) is 0 Å². The van der Waals surface area contributed by atoms with Crippen LogP contribution in [-0.2, 0) is 6.54 Å². The van der Waals surface area contributed by atoms with E-state index in [4.69, 9.17) is 0 Å². The molecule has 78 valence electrons. The molecule has 2 aromatic rings. The minimum Gasteiger partial charge on any atom is -0.268 e. The molecule has 2 rings (SSSR count). The first-order valence-corrected chi connectivity index (χ1v) is 6.55. The number of allylic oxidation sites excluding steroid dienone is 2. The van der Waals surface area contributed by atoms with E-state index in [0.29, 0.717) is 0 Å². The van der Waals surface area contributed by atoms with E-state index in [2.05, 4.69) is 55.3 Å². The molecule has 0 aliphatic heterocycles. The Balaban J connectivity index is 2.31. The SMILES string of the molecule is BrC/C=C/Cn1cc2c(Br)cccc2n1. The zero-order chi connectivity index (χ0) is 10.7. The third-order valence-corrected chi connectivity index (χ3v) is 3.16. The van der Waals surface area contributed by atoms with Gasteiger partial charge < -0.3 is 0 Å². The van der Waals surface area contributed by atoms with Crippen molar-refractivity contribution in [2.45, 2.75) is 6.54 Å². The molecule has 1 aromatic heterocycles. The lowest BCUT2D eigenvalue weighted by Gasteiger charge is -1.92. The molecule has 1 aromatic carbocycles. The minimum absolute atomic E-state index is 0.812. The number of halogens is 2. The Morgan fingerprint density at radius 1 is 1.33 bits per heavy atom. The van der Waals surface area contributed by atoms with Crippen LogP contribution in [0.25, 0.3) is 10.9 Å². The average Bonchev–Trinajstić information content (AvgIpc) is 2.63. The Morgan fingerprint density at radius 3 is 2.93 bits per heavy atom. The fraction of sp³-hybridized carbons (Fsp3) is 0.182. The van der Waals surface area contributed by atoms with E-state index in [9.17, 15) is 0 Å². The fourth-order valence-corrected chi connectivity index (χ4v) is 2.12. The van der Waals surface area contributed by atoms with Gasteiger partial charge in [0.15, 0.2) is 0 Å². The van der Waals surface area contributed by atoms with Gasteiger partial charge in [-0.2, -0.15) is 5.10 Å². The maximum absolute atomic E-state index is 4.47. The summed E-state index contributed by atoms with van der Waals surface area (Å²) in [5.41, 5.74) is 1.02. The van der Waals surface area contributed by atoms with Crippen LogP contribution in [0.5, 0.6) is 0 Å². The van der Waals surface area contributed by atoms with E-state index in [0.717, 1.165) is 27.3 Å². The van der Waals surface area contributed by atoms with Crippen LogP contribution in [0.15, 0.2) is 41.0 Å². The quantitative estimate of drug-likeness (QED) is 0.619. The highest BCUT2D eigenvalue weighted by Crippen LogP contribution is 2.22. The maximum Gasteiger partial charge on any atom is 0.0934 e. The van der Waals surface area contributed by atoms with Gasteiger partial charge in [-0.05, 0) is 12.1 Å². The van der Waals surface area contributed by atoms with Crippen molar-refractivity contribution in [3.05, 3.63) is 41.0 Å². The second-order valence-electron chi connectivity index (χ2n) is 3.15. The monoisotopic (exact) mass is 328 g/mol. The average molecular weight is 330 g/mol. The summed E-state index contributed by atoms with van der Waals surface area (Å²) in [6.45, 7) is 0.812. The van der Waals surface area contributed by atoms with Crippen LogP contribution in [0.4, 0.5) is 0 Å². The van der Waals surface area contributed by atoms with Gasteiger partial charge in [0, 0.05) is 21.4 Å². The topological polar surface area (TPSA) is 17.8 Å². The molecule has 0 aliphatic rings. The molecule has 0 atom stereocenters. The van der Waals surface area contributed by atoms with Crippen LogP contribution in [0.2, 0.25) is 0 Å². The summed E-state index contributed by atoms with van der Waals surface area (Å²) < 4.78 is 3.03.